The molecule has 0 aliphatic rings. The van der Waals surface area contributed by atoms with E-state index in [1.165, 1.54) is 0 Å². The number of hydrogen-bond donors (Lipinski definition) is 1. The van der Waals surface area contributed by atoms with Crippen LogP contribution in [0.1, 0.15) is 11.4 Å². The maximum Gasteiger partial charge on any atom is 0.247 e. The van der Waals surface area contributed by atoms with Crippen molar-refractivity contribution in [2.75, 3.05) is 5.32 Å². The summed E-state index contributed by atoms with van der Waals surface area (Å²) in [4.78, 5) is 11.7. The maximum absolute atomic E-state index is 11.7. The molecular weight excluding hydrogens is 218 g/mol. The molecule has 6 nitrogen and oxygen atoms in total. The zero-order valence-electron chi connectivity index (χ0n) is 10.1. The highest BCUT2D eigenvalue weighted by Crippen LogP contribution is 2.04. The first-order valence-electron chi connectivity index (χ1n) is 5.35. The Bertz CT molecular complexity index is 540. The van der Waals surface area contributed by atoms with E-state index in [4.69, 9.17) is 0 Å². The number of aromatic nitrogens is 4. The number of nitrogens with one attached hydrogen (secondary N) is 1. The minimum Gasteiger partial charge on any atom is -0.308 e. The molecule has 0 aliphatic carbocycles. The van der Waals surface area contributed by atoms with Crippen molar-refractivity contribution in [3.05, 3.63) is 29.7 Å². The number of amides is 1. The van der Waals surface area contributed by atoms with Gasteiger partial charge in [0, 0.05) is 25.0 Å². The smallest absolute Gasteiger partial charge is 0.247 e. The van der Waals surface area contributed by atoms with Gasteiger partial charge in [0.25, 0.3) is 0 Å². The van der Waals surface area contributed by atoms with Crippen molar-refractivity contribution >= 4 is 11.7 Å². The Hall–Kier alpha value is -2.11. The highest BCUT2D eigenvalue weighted by atomic mass is 16.2. The third-order valence-electron chi connectivity index (χ3n) is 2.38. The summed E-state index contributed by atoms with van der Waals surface area (Å²) in [6, 6.07) is 3.69. The van der Waals surface area contributed by atoms with Crippen LogP contribution in [0.25, 0.3) is 0 Å². The molecule has 90 valence electrons. The number of anilines is 1. The number of carbonyl (C=O) groups excluding carboxylic acids is 1. The molecule has 0 saturated carbocycles. The van der Waals surface area contributed by atoms with Gasteiger partial charge in [-0.05, 0) is 19.9 Å². The van der Waals surface area contributed by atoms with E-state index in [1.807, 2.05) is 19.9 Å². The van der Waals surface area contributed by atoms with Crippen molar-refractivity contribution < 1.29 is 4.79 Å². The van der Waals surface area contributed by atoms with Gasteiger partial charge in [-0.2, -0.15) is 10.2 Å². The summed E-state index contributed by atoms with van der Waals surface area (Å²) in [6.45, 7) is 4.03. The summed E-state index contributed by atoms with van der Waals surface area (Å²) in [6.07, 6.45) is 1.78. The minimum absolute atomic E-state index is 0.130. The van der Waals surface area contributed by atoms with Gasteiger partial charge in [-0.1, -0.05) is 0 Å². The maximum atomic E-state index is 11.7. The van der Waals surface area contributed by atoms with Gasteiger partial charge >= 0.3 is 0 Å². The summed E-state index contributed by atoms with van der Waals surface area (Å²) < 4.78 is 3.31. The first kappa shape index (κ1) is 11.4. The fourth-order valence-corrected chi connectivity index (χ4v) is 1.64. The average Bonchev–Trinajstić information content (AvgIpc) is 2.74. The number of hydrogen-bond acceptors (Lipinski definition) is 3. The fraction of sp³-hybridized carbons (Fsp3) is 0.364. The lowest BCUT2D eigenvalue weighted by atomic mass is 10.4. The van der Waals surface area contributed by atoms with Crippen LogP contribution in [0.5, 0.6) is 0 Å². The molecular formula is C11H15N5O. The molecule has 0 unspecified atom stereocenters. The minimum atomic E-state index is -0.130. The van der Waals surface area contributed by atoms with E-state index >= 15 is 0 Å². The van der Waals surface area contributed by atoms with Crippen molar-refractivity contribution in [1.82, 2.24) is 19.6 Å². The van der Waals surface area contributed by atoms with Crippen molar-refractivity contribution in [3.8, 4) is 0 Å². The molecule has 1 N–H and O–H groups in total. The monoisotopic (exact) mass is 233 g/mol. The van der Waals surface area contributed by atoms with Gasteiger partial charge in [0.15, 0.2) is 5.82 Å². The molecule has 2 heterocycles. The third-order valence-corrected chi connectivity index (χ3v) is 2.38. The molecule has 6 heteroatoms. The Morgan fingerprint density at radius 2 is 2.18 bits per heavy atom. The first-order valence-corrected chi connectivity index (χ1v) is 5.35. The topological polar surface area (TPSA) is 64.7 Å². The number of carbonyl (C=O) groups is 1. The highest BCUT2D eigenvalue weighted by molar-refractivity contribution is 5.89. The van der Waals surface area contributed by atoms with E-state index in [2.05, 4.69) is 15.5 Å². The predicted molar refractivity (Wildman–Crippen MR) is 63.5 cm³/mol. The van der Waals surface area contributed by atoms with Crippen LogP contribution in [-0.2, 0) is 18.4 Å². The molecule has 0 bridgehead atoms. The Morgan fingerprint density at radius 1 is 1.41 bits per heavy atom. The molecule has 0 radical (unpaired) electrons. The van der Waals surface area contributed by atoms with E-state index < -0.39 is 0 Å². The van der Waals surface area contributed by atoms with Crippen LogP contribution in [0.2, 0.25) is 0 Å². The molecule has 0 aromatic carbocycles. The largest absolute Gasteiger partial charge is 0.308 e. The van der Waals surface area contributed by atoms with Gasteiger partial charge in [-0.3, -0.25) is 14.2 Å². The van der Waals surface area contributed by atoms with Crippen molar-refractivity contribution in [1.29, 1.82) is 0 Å². The molecule has 0 aliphatic heterocycles. The Morgan fingerprint density at radius 3 is 2.71 bits per heavy atom. The number of aryl methyl sites for hydroxylation is 3. The van der Waals surface area contributed by atoms with Crippen LogP contribution in [0.3, 0.4) is 0 Å². The number of rotatable bonds is 3. The normalized spacial score (nSPS) is 10.5. The zero-order chi connectivity index (χ0) is 12.4. The van der Waals surface area contributed by atoms with Crippen molar-refractivity contribution in [3.63, 3.8) is 0 Å². The molecule has 2 aromatic heterocycles. The van der Waals surface area contributed by atoms with Gasteiger partial charge in [-0.25, -0.2) is 0 Å². The molecule has 0 fully saturated rings. The lowest BCUT2D eigenvalue weighted by molar-refractivity contribution is -0.117. The quantitative estimate of drug-likeness (QED) is 0.855. The van der Waals surface area contributed by atoms with E-state index in [9.17, 15) is 4.79 Å². The Kier molecular flexibility index (Phi) is 2.95. The molecule has 0 atom stereocenters. The van der Waals surface area contributed by atoms with Crippen LogP contribution >= 0.6 is 0 Å². The van der Waals surface area contributed by atoms with Gasteiger partial charge in [-0.15, -0.1) is 0 Å². The lowest BCUT2D eigenvalue weighted by Crippen LogP contribution is -2.20. The molecule has 0 saturated heterocycles. The zero-order valence-corrected chi connectivity index (χ0v) is 10.1. The first-order chi connectivity index (χ1) is 8.04. The van der Waals surface area contributed by atoms with E-state index in [0.717, 1.165) is 11.4 Å². The van der Waals surface area contributed by atoms with Crippen LogP contribution in [-0.4, -0.2) is 25.5 Å². The summed E-state index contributed by atoms with van der Waals surface area (Å²) >= 11 is 0. The van der Waals surface area contributed by atoms with E-state index in [-0.39, 0.29) is 12.5 Å². The molecule has 2 aromatic rings. The van der Waals surface area contributed by atoms with Crippen LogP contribution in [0.4, 0.5) is 5.82 Å². The fourth-order valence-electron chi connectivity index (χ4n) is 1.64. The van der Waals surface area contributed by atoms with Crippen molar-refractivity contribution in [2.24, 2.45) is 7.05 Å². The summed E-state index contributed by atoms with van der Waals surface area (Å²) in [5.74, 6) is 0.425. The Balaban J connectivity index is 2.00. The standard InChI is InChI=1S/C11H15N5O/c1-8-6-9(2)16(13-8)7-11(17)12-10-4-5-15(3)14-10/h4-6H,7H2,1-3H3,(H,12,14,17). The predicted octanol–water partition coefficient (Wildman–Crippen LogP) is 0.872. The summed E-state index contributed by atoms with van der Waals surface area (Å²) in [5, 5.41) is 11.0. The van der Waals surface area contributed by atoms with E-state index in [0.29, 0.717) is 5.82 Å². The second-order valence-corrected chi connectivity index (χ2v) is 4.01. The second-order valence-electron chi connectivity index (χ2n) is 4.01. The number of nitrogens with zero attached hydrogens (tertiary/aromatic N) is 4. The summed E-state index contributed by atoms with van der Waals surface area (Å²) in [7, 11) is 1.80. The second kappa shape index (κ2) is 4.40. The van der Waals surface area contributed by atoms with E-state index in [1.54, 1.807) is 28.7 Å². The summed E-state index contributed by atoms with van der Waals surface area (Å²) in [5.41, 5.74) is 1.88. The van der Waals surface area contributed by atoms with Gasteiger partial charge in [0.1, 0.15) is 6.54 Å². The SMILES string of the molecule is Cc1cc(C)n(CC(=O)Nc2ccn(C)n2)n1. The molecule has 17 heavy (non-hydrogen) atoms. The van der Waals surface area contributed by atoms with Gasteiger partial charge in [0.2, 0.25) is 5.91 Å². The van der Waals surface area contributed by atoms with Crippen molar-refractivity contribution in [2.45, 2.75) is 20.4 Å². The van der Waals surface area contributed by atoms with Crippen LogP contribution in [0, 0.1) is 13.8 Å². The highest BCUT2D eigenvalue weighted by Gasteiger charge is 2.08. The molecule has 1 amide bonds. The third kappa shape index (κ3) is 2.72. The molecule has 0 spiro atoms. The van der Waals surface area contributed by atoms with Gasteiger partial charge in [0.05, 0.1) is 5.69 Å². The van der Waals surface area contributed by atoms with Crippen LogP contribution in [0.15, 0.2) is 18.3 Å². The average molecular weight is 233 g/mol. The Labute approximate surface area is 99.2 Å². The molecule has 2 rings (SSSR count). The van der Waals surface area contributed by atoms with Crippen LogP contribution < -0.4 is 5.32 Å². The lowest BCUT2D eigenvalue weighted by Gasteiger charge is -2.04. The van der Waals surface area contributed by atoms with Gasteiger partial charge < -0.3 is 5.32 Å².